The molecule has 0 amide bonds. The van der Waals surface area contributed by atoms with E-state index in [9.17, 15) is 4.39 Å². The van der Waals surface area contributed by atoms with Crippen LogP contribution in [0.5, 0.6) is 0 Å². The van der Waals surface area contributed by atoms with Crippen LogP contribution in [0, 0.1) is 5.82 Å². The molecule has 0 aliphatic carbocycles. The monoisotopic (exact) mass is 309 g/mol. The Hall–Kier alpha value is -3.29. The van der Waals surface area contributed by atoms with E-state index in [1.807, 2.05) is 4.40 Å². The molecule has 0 atom stereocenters. The predicted octanol–water partition coefficient (Wildman–Crippen LogP) is 1.83. The summed E-state index contributed by atoms with van der Waals surface area (Å²) in [4.78, 5) is 12.9. The molecule has 0 aliphatic heterocycles. The van der Waals surface area contributed by atoms with E-state index in [-0.39, 0.29) is 11.8 Å². The van der Waals surface area contributed by atoms with E-state index in [4.69, 9.17) is 5.73 Å². The highest BCUT2D eigenvalue weighted by atomic mass is 19.1. The van der Waals surface area contributed by atoms with Gasteiger partial charge in [-0.2, -0.15) is 4.98 Å². The van der Waals surface area contributed by atoms with Crippen molar-refractivity contribution in [3.63, 3.8) is 0 Å². The summed E-state index contributed by atoms with van der Waals surface area (Å²) in [7, 11) is 0. The summed E-state index contributed by atoms with van der Waals surface area (Å²) in [6.45, 7) is 0. The maximum atomic E-state index is 13.9. The van der Waals surface area contributed by atoms with Crippen LogP contribution in [0.4, 0.5) is 10.3 Å². The number of fused-ring (bicyclic) bond motifs is 1. The predicted molar refractivity (Wildman–Crippen MR) is 82.0 cm³/mol. The molecular formula is C15H12FN7. The standard InChI is InChI=1S/C15H12FN7/c16-10-4-2-1-3-9(10)7-11-14-18-5-6-23(14)8-12(19-11)13-20-15(17)22-21-13/h1-6,8H,7H2,(H3,17,20,21,22). The Morgan fingerprint density at radius 1 is 1.22 bits per heavy atom. The summed E-state index contributed by atoms with van der Waals surface area (Å²) in [5.41, 5.74) is 7.97. The fraction of sp³-hybridized carbons (Fsp3) is 0.0667. The second-order valence-electron chi connectivity index (χ2n) is 5.04. The average Bonchev–Trinajstić information content (AvgIpc) is 3.18. The average molecular weight is 309 g/mol. The van der Waals surface area contributed by atoms with Crippen LogP contribution in [-0.4, -0.2) is 29.5 Å². The maximum Gasteiger partial charge on any atom is 0.239 e. The van der Waals surface area contributed by atoms with Crippen molar-refractivity contribution in [2.45, 2.75) is 6.42 Å². The molecule has 8 heteroatoms. The van der Waals surface area contributed by atoms with E-state index in [1.165, 1.54) is 6.07 Å². The maximum absolute atomic E-state index is 13.9. The second-order valence-corrected chi connectivity index (χ2v) is 5.04. The normalized spacial score (nSPS) is 11.2. The first-order valence-corrected chi connectivity index (χ1v) is 6.95. The van der Waals surface area contributed by atoms with Crippen LogP contribution < -0.4 is 5.73 Å². The van der Waals surface area contributed by atoms with Crippen molar-refractivity contribution < 1.29 is 4.39 Å². The number of anilines is 1. The molecule has 0 aliphatic rings. The van der Waals surface area contributed by atoms with Gasteiger partial charge in [-0.3, -0.25) is 5.10 Å². The Bertz CT molecular complexity index is 988. The van der Waals surface area contributed by atoms with Gasteiger partial charge in [-0.1, -0.05) is 18.2 Å². The van der Waals surface area contributed by atoms with Crippen molar-refractivity contribution in [1.29, 1.82) is 0 Å². The third-order valence-corrected chi connectivity index (χ3v) is 3.50. The van der Waals surface area contributed by atoms with Crippen LogP contribution in [0.15, 0.2) is 42.9 Å². The lowest BCUT2D eigenvalue weighted by atomic mass is 10.1. The number of nitrogens with one attached hydrogen (secondary N) is 1. The van der Waals surface area contributed by atoms with Crippen LogP contribution in [0.2, 0.25) is 0 Å². The fourth-order valence-electron chi connectivity index (χ4n) is 2.44. The molecular weight excluding hydrogens is 297 g/mol. The first-order valence-electron chi connectivity index (χ1n) is 6.95. The van der Waals surface area contributed by atoms with Crippen molar-refractivity contribution in [2.75, 3.05) is 5.73 Å². The highest BCUT2D eigenvalue weighted by molar-refractivity contribution is 5.56. The lowest BCUT2D eigenvalue weighted by molar-refractivity contribution is 0.613. The van der Waals surface area contributed by atoms with Crippen LogP contribution in [-0.2, 0) is 6.42 Å². The summed E-state index contributed by atoms with van der Waals surface area (Å²) >= 11 is 0. The molecule has 0 saturated carbocycles. The third kappa shape index (κ3) is 2.39. The number of halogens is 1. The van der Waals surface area contributed by atoms with Gasteiger partial charge >= 0.3 is 0 Å². The lowest BCUT2D eigenvalue weighted by Crippen LogP contribution is -2.02. The van der Waals surface area contributed by atoms with Gasteiger partial charge < -0.3 is 10.1 Å². The molecule has 3 heterocycles. The van der Waals surface area contributed by atoms with E-state index >= 15 is 0 Å². The number of imidazole rings is 1. The SMILES string of the molecule is Nc1n[nH]c(-c2cn3ccnc3c(Cc3ccccc3F)n2)n1. The van der Waals surface area contributed by atoms with E-state index in [2.05, 4.69) is 25.1 Å². The van der Waals surface area contributed by atoms with Gasteiger partial charge in [0.15, 0.2) is 11.5 Å². The summed E-state index contributed by atoms with van der Waals surface area (Å²) in [6.07, 6.45) is 5.56. The molecule has 114 valence electrons. The van der Waals surface area contributed by atoms with Crippen LogP contribution in [0.3, 0.4) is 0 Å². The highest BCUT2D eigenvalue weighted by Crippen LogP contribution is 2.19. The summed E-state index contributed by atoms with van der Waals surface area (Å²) in [6, 6.07) is 6.61. The molecule has 0 radical (unpaired) electrons. The quantitative estimate of drug-likeness (QED) is 0.601. The highest BCUT2D eigenvalue weighted by Gasteiger charge is 2.13. The molecule has 3 N–H and O–H groups in total. The number of hydrogen-bond donors (Lipinski definition) is 2. The fourth-order valence-corrected chi connectivity index (χ4v) is 2.44. The van der Waals surface area contributed by atoms with Gasteiger partial charge in [-0.25, -0.2) is 14.4 Å². The molecule has 7 nitrogen and oxygen atoms in total. The Morgan fingerprint density at radius 3 is 2.87 bits per heavy atom. The van der Waals surface area contributed by atoms with E-state index in [0.717, 1.165) is 0 Å². The molecule has 3 aromatic heterocycles. The number of aromatic amines is 1. The Morgan fingerprint density at radius 2 is 2.09 bits per heavy atom. The van der Waals surface area contributed by atoms with Gasteiger partial charge in [0, 0.05) is 25.0 Å². The topological polar surface area (TPSA) is 97.8 Å². The Labute approximate surface area is 130 Å². The molecule has 4 aromatic rings. The van der Waals surface area contributed by atoms with Crippen LogP contribution in [0.25, 0.3) is 17.2 Å². The number of nitrogens with zero attached hydrogens (tertiary/aromatic N) is 5. The lowest BCUT2D eigenvalue weighted by Gasteiger charge is -2.07. The van der Waals surface area contributed by atoms with Gasteiger partial charge in [0.05, 0.1) is 5.69 Å². The van der Waals surface area contributed by atoms with Crippen molar-refractivity contribution in [1.82, 2.24) is 29.5 Å². The largest absolute Gasteiger partial charge is 0.366 e. The zero-order valence-electron chi connectivity index (χ0n) is 11.9. The number of hydrogen-bond acceptors (Lipinski definition) is 5. The van der Waals surface area contributed by atoms with Gasteiger partial charge in [0.1, 0.15) is 11.5 Å². The number of H-pyrrole nitrogens is 1. The second kappa shape index (κ2) is 5.16. The minimum atomic E-state index is -0.270. The summed E-state index contributed by atoms with van der Waals surface area (Å²) in [5.74, 6) is 0.324. The van der Waals surface area contributed by atoms with E-state index in [0.29, 0.717) is 34.8 Å². The molecule has 0 unspecified atom stereocenters. The third-order valence-electron chi connectivity index (χ3n) is 3.50. The zero-order chi connectivity index (χ0) is 15.8. The Balaban J connectivity index is 1.85. The van der Waals surface area contributed by atoms with E-state index < -0.39 is 0 Å². The first-order chi connectivity index (χ1) is 11.2. The van der Waals surface area contributed by atoms with Crippen LogP contribution in [0.1, 0.15) is 11.3 Å². The minimum absolute atomic E-state index is 0.142. The van der Waals surface area contributed by atoms with Crippen molar-refractivity contribution in [3.8, 4) is 11.5 Å². The van der Waals surface area contributed by atoms with Gasteiger partial charge in [-0.15, -0.1) is 5.10 Å². The molecule has 0 spiro atoms. The molecule has 0 saturated heterocycles. The van der Waals surface area contributed by atoms with Crippen molar-refractivity contribution in [2.24, 2.45) is 0 Å². The van der Waals surface area contributed by atoms with Crippen molar-refractivity contribution >= 4 is 11.6 Å². The number of rotatable bonds is 3. The summed E-state index contributed by atoms with van der Waals surface area (Å²) < 4.78 is 15.7. The van der Waals surface area contributed by atoms with Crippen molar-refractivity contribution in [3.05, 3.63) is 59.9 Å². The van der Waals surface area contributed by atoms with Gasteiger partial charge in [0.25, 0.3) is 0 Å². The van der Waals surface area contributed by atoms with Gasteiger partial charge in [-0.05, 0) is 11.6 Å². The molecule has 0 bridgehead atoms. The van der Waals surface area contributed by atoms with E-state index in [1.54, 1.807) is 36.8 Å². The van der Waals surface area contributed by atoms with Crippen LogP contribution >= 0.6 is 0 Å². The van der Waals surface area contributed by atoms with Gasteiger partial charge in [0.2, 0.25) is 5.95 Å². The summed E-state index contributed by atoms with van der Waals surface area (Å²) in [5, 5.41) is 6.53. The molecule has 23 heavy (non-hydrogen) atoms. The molecule has 1 aromatic carbocycles. The number of benzene rings is 1. The number of aromatic nitrogens is 6. The number of nitrogens with two attached hydrogens (primary N) is 1. The molecule has 4 rings (SSSR count). The first kappa shape index (κ1) is 13.4. The molecule has 0 fully saturated rings. The Kier molecular flexibility index (Phi) is 3.00. The zero-order valence-corrected chi connectivity index (χ0v) is 11.9. The number of nitrogen functional groups attached to an aromatic ring is 1. The smallest absolute Gasteiger partial charge is 0.239 e. The minimum Gasteiger partial charge on any atom is -0.366 e.